The Morgan fingerprint density at radius 3 is 2.31 bits per heavy atom. The van der Waals surface area contributed by atoms with E-state index in [9.17, 15) is 14.7 Å². The van der Waals surface area contributed by atoms with Gasteiger partial charge < -0.3 is 19.5 Å². The first-order valence-electron chi connectivity index (χ1n) is 10.4. The van der Waals surface area contributed by atoms with Gasteiger partial charge in [0.25, 0.3) is 5.91 Å². The van der Waals surface area contributed by atoms with Gasteiger partial charge in [0, 0.05) is 11.1 Å². The van der Waals surface area contributed by atoms with Gasteiger partial charge in [-0.15, -0.1) is 0 Å². The van der Waals surface area contributed by atoms with E-state index in [1.54, 1.807) is 75.7 Å². The maximum atomic E-state index is 13.6. The topological polar surface area (TPSA) is 76.1 Å². The molecule has 1 aliphatic heterocycles. The van der Waals surface area contributed by atoms with Crippen LogP contribution in [0.25, 0.3) is 0 Å². The van der Waals surface area contributed by atoms with Crippen LogP contribution in [0.1, 0.15) is 28.4 Å². The van der Waals surface area contributed by atoms with Gasteiger partial charge in [-0.3, -0.25) is 9.59 Å². The number of aliphatic hydroxyl groups is 1. The Labute approximate surface area is 187 Å². The maximum absolute atomic E-state index is 13.6. The number of ether oxygens (including phenoxy) is 2. The second kappa shape index (κ2) is 8.48. The van der Waals surface area contributed by atoms with E-state index in [4.69, 9.17) is 9.47 Å². The Kier molecular flexibility index (Phi) is 5.72. The average Bonchev–Trinajstić information content (AvgIpc) is 3.06. The molecule has 0 saturated heterocycles. The van der Waals surface area contributed by atoms with Gasteiger partial charge in [-0.25, -0.2) is 0 Å². The highest BCUT2D eigenvalue weighted by atomic mass is 16.5. The fourth-order valence-electron chi connectivity index (χ4n) is 4.24. The van der Waals surface area contributed by atoms with E-state index in [-0.39, 0.29) is 12.3 Å². The predicted molar refractivity (Wildman–Crippen MR) is 121 cm³/mol. The van der Waals surface area contributed by atoms with Crippen molar-refractivity contribution in [3.63, 3.8) is 0 Å². The number of hydrogen-bond acceptors (Lipinski definition) is 5. The van der Waals surface area contributed by atoms with Gasteiger partial charge >= 0.3 is 0 Å². The predicted octanol–water partition coefficient (Wildman–Crippen LogP) is 3.96. The number of amides is 1. The zero-order chi connectivity index (χ0) is 22.9. The number of para-hydroxylation sites is 1. The van der Waals surface area contributed by atoms with Gasteiger partial charge in [-0.2, -0.15) is 0 Å². The van der Waals surface area contributed by atoms with Crippen LogP contribution >= 0.6 is 0 Å². The van der Waals surface area contributed by atoms with Gasteiger partial charge in [-0.1, -0.05) is 61.5 Å². The van der Waals surface area contributed by atoms with Crippen molar-refractivity contribution in [1.29, 1.82) is 0 Å². The molecule has 0 spiro atoms. The largest absolute Gasteiger partial charge is 0.493 e. The summed E-state index contributed by atoms with van der Waals surface area (Å²) in [6.45, 7) is 1.81. The molecule has 0 aromatic heterocycles. The van der Waals surface area contributed by atoms with Gasteiger partial charge in [0.1, 0.15) is 0 Å². The third kappa shape index (κ3) is 3.42. The molecule has 32 heavy (non-hydrogen) atoms. The number of anilines is 1. The molecule has 6 nitrogen and oxygen atoms in total. The Morgan fingerprint density at radius 2 is 1.62 bits per heavy atom. The second-order valence-electron chi connectivity index (χ2n) is 7.82. The molecule has 1 heterocycles. The second-order valence-corrected chi connectivity index (χ2v) is 7.82. The van der Waals surface area contributed by atoms with Crippen molar-refractivity contribution in [3.05, 3.63) is 89.5 Å². The zero-order valence-electron chi connectivity index (χ0n) is 18.2. The molecular weight excluding hydrogens is 406 g/mol. The highest BCUT2D eigenvalue weighted by Crippen LogP contribution is 2.46. The van der Waals surface area contributed by atoms with Crippen molar-refractivity contribution in [1.82, 2.24) is 0 Å². The van der Waals surface area contributed by atoms with E-state index in [2.05, 4.69) is 0 Å². The Hall–Kier alpha value is -3.64. The summed E-state index contributed by atoms with van der Waals surface area (Å²) in [7, 11) is 3.11. The molecule has 3 aromatic rings. The molecule has 6 heteroatoms. The Morgan fingerprint density at radius 1 is 0.969 bits per heavy atom. The minimum Gasteiger partial charge on any atom is -0.493 e. The van der Waals surface area contributed by atoms with Crippen molar-refractivity contribution < 1.29 is 24.2 Å². The van der Waals surface area contributed by atoms with Crippen molar-refractivity contribution in [2.75, 3.05) is 19.1 Å². The number of methoxy groups -OCH3 is 2. The molecule has 1 N–H and O–H groups in total. The normalized spacial score (nSPS) is 18.2. The van der Waals surface area contributed by atoms with Crippen molar-refractivity contribution in [2.45, 2.75) is 19.1 Å². The number of hydrogen-bond donors (Lipinski definition) is 1. The van der Waals surface area contributed by atoms with E-state index < -0.39 is 17.4 Å². The van der Waals surface area contributed by atoms with Crippen LogP contribution in [0.2, 0.25) is 0 Å². The maximum Gasteiger partial charge on any atom is 0.264 e. The van der Waals surface area contributed by atoms with Crippen LogP contribution in [0.15, 0.2) is 72.8 Å². The first kappa shape index (κ1) is 21.6. The monoisotopic (exact) mass is 431 g/mol. The Balaban J connectivity index is 1.72. The smallest absolute Gasteiger partial charge is 0.264 e. The van der Waals surface area contributed by atoms with E-state index in [1.165, 1.54) is 4.90 Å². The average molecular weight is 431 g/mol. The summed E-state index contributed by atoms with van der Waals surface area (Å²) in [6, 6.07) is 21.2. The van der Waals surface area contributed by atoms with E-state index in [0.717, 1.165) is 5.56 Å². The first-order chi connectivity index (χ1) is 15.4. The SMILES string of the molecule is COc1ccc(CN2C(=O)[C@@](O)([C@H](C)C(=O)c3ccccc3)c3ccccc32)cc1OC. The van der Waals surface area contributed by atoms with Crippen molar-refractivity contribution in [3.8, 4) is 11.5 Å². The molecule has 0 fully saturated rings. The van der Waals surface area contributed by atoms with Crippen LogP contribution < -0.4 is 14.4 Å². The number of carbonyl (C=O) groups excluding carboxylic acids is 2. The van der Waals surface area contributed by atoms with Crippen molar-refractivity contribution in [2.24, 2.45) is 5.92 Å². The fraction of sp³-hybridized carbons (Fsp3) is 0.231. The molecule has 164 valence electrons. The summed E-state index contributed by atoms with van der Waals surface area (Å²) in [4.78, 5) is 28.3. The van der Waals surface area contributed by atoms with Gasteiger partial charge in [0.2, 0.25) is 0 Å². The van der Waals surface area contributed by atoms with E-state index >= 15 is 0 Å². The minimum atomic E-state index is -1.96. The van der Waals surface area contributed by atoms with Crippen LogP contribution in [0, 0.1) is 5.92 Å². The summed E-state index contributed by atoms with van der Waals surface area (Å²) in [5.41, 5.74) is 0.318. The van der Waals surface area contributed by atoms with Gasteiger partial charge in [0.05, 0.1) is 32.4 Å². The number of fused-ring (bicyclic) bond motifs is 1. The molecule has 0 radical (unpaired) electrons. The number of rotatable bonds is 7. The molecule has 2 atom stereocenters. The van der Waals surface area contributed by atoms with Crippen LogP contribution in [-0.2, 0) is 16.9 Å². The lowest BCUT2D eigenvalue weighted by Crippen LogP contribution is -2.47. The third-order valence-electron chi connectivity index (χ3n) is 6.04. The van der Waals surface area contributed by atoms with Crippen molar-refractivity contribution >= 4 is 17.4 Å². The van der Waals surface area contributed by atoms with Crippen LogP contribution in [0.3, 0.4) is 0 Å². The lowest BCUT2D eigenvalue weighted by Gasteiger charge is -2.28. The summed E-state index contributed by atoms with van der Waals surface area (Å²) in [6.07, 6.45) is 0. The van der Waals surface area contributed by atoms with Crippen LogP contribution in [0.5, 0.6) is 11.5 Å². The standard InChI is InChI=1S/C26H25NO5/c1-17(24(28)19-9-5-4-6-10-19)26(30)20-11-7-8-12-21(20)27(25(26)29)16-18-13-14-22(31-2)23(15-18)32-3/h4-15,17,30H,16H2,1-3H3/t17-,26-/m1/s1. The van der Waals surface area contributed by atoms with E-state index in [1.807, 2.05) is 18.2 Å². The lowest BCUT2D eigenvalue weighted by molar-refractivity contribution is -0.139. The molecule has 1 aliphatic rings. The Bertz CT molecular complexity index is 1160. The number of nitrogens with zero attached hydrogens (tertiary/aromatic N) is 1. The summed E-state index contributed by atoms with van der Waals surface area (Å²) >= 11 is 0. The first-order valence-corrected chi connectivity index (χ1v) is 10.4. The summed E-state index contributed by atoms with van der Waals surface area (Å²) < 4.78 is 10.7. The molecule has 1 amide bonds. The highest BCUT2D eigenvalue weighted by Gasteiger charge is 2.55. The zero-order valence-corrected chi connectivity index (χ0v) is 18.2. The summed E-state index contributed by atoms with van der Waals surface area (Å²) in [5.74, 6) is -0.640. The third-order valence-corrected chi connectivity index (χ3v) is 6.04. The molecule has 0 bridgehead atoms. The number of benzene rings is 3. The molecule has 0 aliphatic carbocycles. The lowest BCUT2D eigenvalue weighted by atomic mass is 9.79. The molecular formula is C26H25NO5. The number of Topliss-reactive ketones (excluding diaryl/α,β-unsaturated/α-hetero) is 1. The molecule has 4 rings (SSSR count). The van der Waals surface area contributed by atoms with Gasteiger partial charge in [0.15, 0.2) is 22.9 Å². The molecule has 0 saturated carbocycles. The van der Waals surface area contributed by atoms with Crippen LogP contribution in [-0.4, -0.2) is 31.0 Å². The van der Waals surface area contributed by atoms with E-state index in [0.29, 0.717) is 28.3 Å². The highest BCUT2D eigenvalue weighted by molar-refractivity contribution is 6.11. The number of ketones is 1. The fourth-order valence-corrected chi connectivity index (χ4v) is 4.24. The van der Waals surface area contributed by atoms with Gasteiger partial charge in [-0.05, 0) is 23.8 Å². The number of carbonyl (C=O) groups is 2. The quantitative estimate of drug-likeness (QED) is 0.573. The molecule has 0 unspecified atom stereocenters. The van der Waals surface area contributed by atoms with Crippen LogP contribution in [0.4, 0.5) is 5.69 Å². The molecule has 3 aromatic carbocycles. The summed E-state index contributed by atoms with van der Waals surface area (Å²) in [5, 5.41) is 11.7. The minimum absolute atomic E-state index is 0.213.